The number of rotatable bonds is 0. The third-order valence-corrected chi connectivity index (χ3v) is 2.63. The minimum atomic E-state index is 0.659. The van der Waals surface area contributed by atoms with Gasteiger partial charge in [0.2, 0.25) is 0 Å². The van der Waals surface area contributed by atoms with Gasteiger partial charge in [-0.05, 0) is 30.1 Å². The van der Waals surface area contributed by atoms with E-state index in [0.29, 0.717) is 5.92 Å². The molecule has 0 spiro atoms. The molecule has 0 saturated carbocycles. The Bertz CT molecular complexity index is 165. The predicted octanol–water partition coefficient (Wildman–Crippen LogP) is 3.18. The minimum Gasteiger partial charge on any atom is -0.103 e. The molecule has 1 heterocycles. The molecule has 0 aromatic carbocycles. The van der Waals surface area contributed by atoms with E-state index in [2.05, 4.69) is 32.3 Å². The van der Waals surface area contributed by atoms with Gasteiger partial charge in [-0.2, -0.15) is 0 Å². The van der Waals surface area contributed by atoms with Gasteiger partial charge in [-0.25, -0.2) is 0 Å². The molecule has 1 heteroatoms. The molecule has 0 aromatic heterocycles. The van der Waals surface area contributed by atoms with Crippen LogP contribution in [0.25, 0.3) is 0 Å². The molecule has 0 bridgehead atoms. The summed E-state index contributed by atoms with van der Waals surface area (Å²) in [7, 11) is 0. The molecular formula is C8H12S. The molecule has 0 amide bonds. The van der Waals surface area contributed by atoms with Crippen molar-refractivity contribution >= 4 is 11.8 Å². The van der Waals surface area contributed by atoms with Crippen LogP contribution >= 0.6 is 11.8 Å². The highest BCUT2D eigenvalue weighted by atomic mass is 32.2. The van der Waals surface area contributed by atoms with E-state index in [9.17, 15) is 0 Å². The number of hydrogen-bond donors (Lipinski definition) is 0. The summed E-state index contributed by atoms with van der Waals surface area (Å²) in [6.07, 6.45) is 2.31. The van der Waals surface area contributed by atoms with Crippen LogP contribution in [0.4, 0.5) is 0 Å². The Hall–Kier alpha value is -0.170. The fourth-order valence-electron chi connectivity index (χ4n) is 0.816. The fourth-order valence-corrected chi connectivity index (χ4v) is 1.69. The molecule has 0 fully saturated rings. The Morgan fingerprint density at radius 3 is 2.56 bits per heavy atom. The monoisotopic (exact) mass is 140 g/mol. The molecule has 0 aromatic rings. The van der Waals surface area contributed by atoms with Crippen molar-refractivity contribution in [3.05, 3.63) is 22.0 Å². The van der Waals surface area contributed by atoms with E-state index in [1.165, 1.54) is 10.5 Å². The van der Waals surface area contributed by atoms with E-state index in [-0.39, 0.29) is 0 Å². The average molecular weight is 140 g/mol. The van der Waals surface area contributed by atoms with Crippen LogP contribution < -0.4 is 0 Å². The van der Waals surface area contributed by atoms with Crippen LogP contribution in [0, 0.1) is 5.92 Å². The highest BCUT2D eigenvalue weighted by molar-refractivity contribution is 8.05. The molecule has 0 N–H and O–H groups in total. The molecule has 0 nitrogen and oxygen atoms in total. The fraction of sp³-hybridized carbons (Fsp3) is 0.500. The molecule has 1 aliphatic rings. The lowest BCUT2D eigenvalue weighted by molar-refractivity contribution is 0.859. The van der Waals surface area contributed by atoms with Gasteiger partial charge in [0, 0.05) is 0 Å². The molecule has 50 valence electrons. The predicted molar refractivity (Wildman–Crippen MR) is 44.3 cm³/mol. The van der Waals surface area contributed by atoms with E-state index in [1.807, 2.05) is 11.8 Å². The Kier molecular flexibility index (Phi) is 2.01. The summed E-state index contributed by atoms with van der Waals surface area (Å²) in [5.41, 5.74) is 1.48. The molecular weight excluding hydrogens is 128 g/mol. The van der Waals surface area contributed by atoms with Gasteiger partial charge in [0.15, 0.2) is 0 Å². The van der Waals surface area contributed by atoms with E-state index < -0.39 is 0 Å². The zero-order valence-electron chi connectivity index (χ0n) is 6.14. The SMILES string of the molecule is CC1=CC(C)C(C)=CS1. The maximum absolute atomic E-state index is 2.31. The maximum atomic E-state index is 2.31. The van der Waals surface area contributed by atoms with Crippen molar-refractivity contribution in [2.75, 3.05) is 0 Å². The first-order valence-corrected chi connectivity index (χ1v) is 4.10. The number of hydrogen-bond acceptors (Lipinski definition) is 1. The van der Waals surface area contributed by atoms with Gasteiger partial charge < -0.3 is 0 Å². The van der Waals surface area contributed by atoms with E-state index in [0.717, 1.165) is 0 Å². The number of allylic oxidation sites excluding steroid dienone is 3. The zero-order chi connectivity index (χ0) is 6.85. The molecule has 1 unspecified atom stereocenters. The van der Waals surface area contributed by atoms with Crippen molar-refractivity contribution < 1.29 is 0 Å². The quantitative estimate of drug-likeness (QED) is 0.498. The summed E-state index contributed by atoms with van der Waals surface area (Å²) in [6, 6.07) is 0. The van der Waals surface area contributed by atoms with Crippen LogP contribution in [0.3, 0.4) is 0 Å². The van der Waals surface area contributed by atoms with Crippen molar-refractivity contribution in [3.63, 3.8) is 0 Å². The van der Waals surface area contributed by atoms with Gasteiger partial charge in [0.25, 0.3) is 0 Å². The van der Waals surface area contributed by atoms with Gasteiger partial charge in [0.05, 0.1) is 0 Å². The van der Waals surface area contributed by atoms with Crippen LogP contribution in [0.2, 0.25) is 0 Å². The van der Waals surface area contributed by atoms with Crippen LogP contribution in [0.1, 0.15) is 20.8 Å². The zero-order valence-corrected chi connectivity index (χ0v) is 6.96. The second-order valence-electron chi connectivity index (χ2n) is 2.55. The number of thioether (sulfide) groups is 1. The van der Waals surface area contributed by atoms with Crippen molar-refractivity contribution in [2.24, 2.45) is 5.92 Å². The molecule has 0 radical (unpaired) electrons. The third kappa shape index (κ3) is 1.62. The summed E-state index contributed by atoms with van der Waals surface area (Å²) < 4.78 is 0. The van der Waals surface area contributed by atoms with Gasteiger partial charge in [-0.3, -0.25) is 0 Å². The summed E-state index contributed by atoms with van der Waals surface area (Å²) in [5.74, 6) is 0.659. The maximum Gasteiger partial charge on any atom is -0.00352 e. The van der Waals surface area contributed by atoms with E-state index >= 15 is 0 Å². The van der Waals surface area contributed by atoms with Crippen LogP contribution in [0.5, 0.6) is 0 Å². The molecule has 9 heavy (non-hydrogen) atoms. The Balaban J connectivity index is 2.70. The highest BCUT2D eigenvalue weighted by Gasteiger charge is 2.05. The second kappa shape index (κ2) is 2.61. The highest BCUT2D eigenvalue weighted by Crippen LogP contribution is 2.29. The largest absolute Gasteiger partial charge is 0.103 e. The Morgan fingerprint density at radius 2 is 2.11 bits per heavy atom. The van der Waals surface area contributed by atoms with Crippen LogP contribution in [-0.4, -0.2) is 0 Å². The molecule has 0 aliphatic carbocycles. The standard InChI is InChI=1S/C8H12S/c1-6-4-8(3)9-5-7(6)2/h4-6H,1-3H3. The summed E-state index contributed by atoms with van der Waals surface area (Å²) in [5, 5.41) is 2.24. The van der Waals surface area contributed by atoms with Crippen LogP contribution in [0.15, 0.2) is 22.0 Å². The lowest BCUT2D eigenvalue weighted by atomic mass is 10.0. The second-order valence-corrected chi connectivity index (χ2v) is 3.66. The first-order valence-electron chi connectivity index (χ1n) is 3.22. The van der Waals surface area contributed by atoms with Gasteiger partial charge in [-0.15, -0.1) is 11.8 Å². The van der Waals surface area contributed by atoms with Crippen molar-refractivity contribution in [1.82, 2.24) is 0 Å². The summed E-state index contributed by atoms with van der Waals surface area (Å²) >= 11 is 1.83. The smallest absolute Gasteiger partial charge is 0.00352 e. The van der Waals surface area contributed by atoms with Gasteiger partial charge in [0.1, 0.15) is 0 Å². The lowest BCUT2D eigenvalue weighted by Gasteiger charge is -2.13. The molecule has 1 atom stereocenters. The third-order valence-electron chi connectivity index (χ3n) is 1.63. The lowest BCUT2D eigenvalue weighted by Crippen LogP contribution is -1.94. The van der Waals surface area contributed by atoms with E-state index in [1.54, 1.807) is 0 Å². The van der Waals surface area contributed by atoms with E-state index in [4.69, 9.17) is 0 Å². The average Bonchev–Trinajstić information content (AvgIpc) is 1.80. The molecule has 1 aliphatic heterocycles. The van der Waals surface area contributed by atoms with Crippen LogP contribution in [-0.2, 0) is 0 Å². The van der Waals surface area contributed by atoms with Crippen molar-refractivity contribution in [3.8, 4) is 0 Å². The van der Waals surface area contributed by atoms with Gasteiger partial charge in [-0.1, -0.05) is 18.6 Å². The summed E-state index contributed by atoms with van der Waals surface area (Å²) in [6.45, 7) is 6.57. The van der Waals surface area contributed by atoms with Crippen molar-refractivity contribution in [1.29, 1.82) is 0 Å². The first kappa shape index (κ1) is 6.94. The Morgan fingerprint density at radius 1 is 1.44 bits per heavy atom. The summed E-state index contributed by atoms with van der Waals surface area (Å²) in [4.78, 5) is 1.42. The molecule has 0 saturated heterocycles. The van der Waals surface area contributed by atoms with Crippen molar-refractivity contribution in [2.45, 2.75) is 20.8 Å². The topological polar surface area (TPSA) is 0 Å². The van der Waals surface area contributed by atoms with Gasteiger partial charge >= 0.3 is 0 Å². The molecule has 1 rings (SSSR count). The minimum absolute atomic E-state index is 0.659. The first-order chi connectivity index (χ1) is 4.20. The normalized spacial score (nSPS) is 27.2. The Labute approximate surface area is 61.0 Å².